The summed E-state index contributed by atoms with van der Waals surface area (Å²) in [5, 5.41) is 2.77. The number of nitrogens with zero attached hydrogens (tertiary/aromatic N) is 3. The second-order valence-electron chi connectivity index (χ2n) is 5.96. The summed E-state index contributed by atoms with van der Waals surface area (Å²) in [5.74, 6) is 1.99. The summed E-state index contributed by atoms with van der Waals surface area (Å²) < 4.78 is 0. The second kappa shape index (κ2) is 8.28. The van der Waals surface area contributed by atoms with Crippen molar-refractivity contribution >= 4 is 29.4 Å². The summed E-state index contributed by atoms with van der Waals surface area (Å²) in [7, 11) is 0. The topological polar surface area (TPSA) is 55.9 Å². The van der Waals surface area contributed by atoms with Gasteiger partial charge in [-0.3, -0.25) is 4.79 Å². The van der Waals surface area contributed by atoms with E-state index in [9.17, 15) is 9.59 Å². The van der Waals surface area contributed by atoms with Gasteiger partial charge in [0.05, 0.1) is 6.54 Å². The standard InChI is InChI=1S/C17H24N4O2S/c22-16(20-10-12-24-13-11-20)14-18-17(23)21-8-6-19(7-9-21)15-4-2-1-3-5-15/h1-5H,6-14H2,(H,18,23). The molecule has 0 aromatic heterocycles. The molecule has 2 saturated heterocycles. The molecule has 2 aliphatic rings. The second-order valence-corrected chi connectivity index (χ2v) is 7.19. The van der Waals surface area contributed by atoms with Gasteiger partial charge >= 0.3 is 6.03 Å². The first-order valence-corrected chi connectivity index (χ1v) is 9.58. The number of benzene rings is 1. The van der Waals surface area contributed by atoms with Crippen LogP contribution in [0.5, 0.6) is 0 Å². The van der Waals surface area contributed by atoms with E-state index >= 15 is 0 Å². The van der Waals surface area contributed by atoms with E-state index in [0.717, 1.165) is 37.7 Å². The smallest absolute Gasteiger partial charge is 0.317 e. The lowest BCUT2D eigenvalue weighted by Gasteiger charge is -2.36. The van der Waals surface area contributed by atoms with E-state index in [-0.39, 0.29) is 18.5 Å². The number of anilines is 1. The van der Waals surface area contributed by atoms with Crippen molar-refractivity contribution in [2.75, 3.05) is 62.2 Å². The SMILES string of the molecule is O=C(CNC(=O)N1CCN(c2ccccc2)CC1)N1CCSCC1. The lowest BCUT2D eigenvalue weighted by atomic mass is 10.2. The first kappa shape index (κ1) is 17.0. The fourth-order valence-electron chi connectivity index (χ4n) is 2.99. The molecule has 7 heteroatoms. The van der Waals surface area contributed by atoms with Crippen molar-refractivity contribution in [1.82, 2.24) is 15.1 Å². The number of amides is 3. The van der Waals surface area contributed by atoms with Crippen LogP contribution in [0.1, 0.15) is 0 Å². The minimum atomic E-state index is -0.137. The summed E-state index contributed by atoms with van der Waals surface area (Å²) in [6.45, 7) is 4.65. The van der Waals surface area contributed by atoms with Gasteiger partial charge in [0.25, 0.3) is 0 Å². The number of hydrogen-bond donors (Lipinski definition) is 1. The average Bonchev–Trinajstić information content (AvgIpc) is 2.67. The third-order valence-electron chi connectivity index (χ3n) is 4.44. The molecule has 0 spiro atoms. The molecule has 2 aliphatic heterocycles. The summed E-state index contributed by atoms with van der Waals surface area (Å²) in [4.78, 5) is 30.3. The summed E-state index contributed by atoms with van der Waals surface area (Å²) in [6.07, 6.45) is 0. The van der Waals surface area contributed by atoms with E-state index in [1.807, 2.05) is 34.9 Å². The van der Waals surface area contributed by atoms with Gasteiger partial charge in [-0.2, -0.15) is 11.8 Å². The van der Waals surface area contributed by atoms with Crippen LogP contribution in [0.3, 0.4) is 0 Å². The van der Waals surface area contributed by atoms with Gasteiger partial charge in [0.2, 0.25) is 5.91 Å². The van der Waals surface area contributed by atoms with Crippen molar-refractivity contribution in [2.24, 2.45) is 0 Å². The van der Waals surface area contributed by atoms with Crippen LogP contribution in [0.4, 0.5) is 10.5 Å². The molecule has 2 fully saturated rings. The van der Waals surface area contributed by atoms with Crippen LogP contribution < -0.4 is 10.2 Å². The molecule has 1 N–H and O–H groups in total. The molecule has 1 aromatic rings. The van der Waals surface area contributed by atoms with Crippen LogP contribution in [0.25, 0.3) is 0 Å². The molecule has 0 radical (unpaired) electrons. The Kier molecular flexibility index (Phi) is 5.85. The maximum absolute atomic E-state index is 12.2. The number of piperazine rings is 1. The fraction of sp³-hybridized carbons (Fsp3) is 0.529. The Morgan fingerprint density at radius 3 is 2.25 bits per heavy atom. The zero-order chi connectivity index (χ0) is 16.8. The number of thioether (sulfide) groups is 1. The highest BCUT2D eigenvalue weighted by atomic mass is 32.2. The van der Waals surface area contributed by atoms with Crippen molar-refractivity contribution in [1.29, 1.82) is 0 Å². The summed E-state index contributed by atoms with van der Waals surface area (Å²) >= 11 is 1.87. The van der Waals surface area contributed by atoms with Gasteiger partial charge in [0.15, 0.2) is 0 Å². The number of nitrogens with one attached hydrogen (secondary N) is 1. The zero-order valence-corrected chi connectivity index (χ0v) is 14.6. The maximum atomic E-state index is 12.2. The molecule has 24 heavy (non-hydrogen) atoms. The number of carbonyl (C=O) groups excluding carboxylic acids is 2. The van der Waals surface area contributed by atoms with Gasteiger partial charge in [-0.25, -0.2) is 4.79 Å². The van der Waals surface area contributed by atoms with Gasteiger partial charge in [-0.15, -0.1) is 0 Å². The molecule has 0 saturated carbocycles. The molecule has 2 heterocycles. The first-order chi connectivity index (χ1) is 11.7. The molecule has 0 atom stereocenters. The Morgan fingerprint density at radius 1 is 0.917 bits per heavy atom. The van der Waals surface area contributed by atoms with Crippen molar-refractivity contribution in [3.63, 3.8) is 0 Å². The zero-order valence-electron chi connectivity index (χ0n) is 13.8. The van der Waals surface area contributed by atoms with Crippen LogP contribution >= 0.6 is 11.8 Å². The number of carbonyl (C=O) groups is 2. The normalized spacial score (nSPS) is 18.4. The van der Waals surface area contributed by atoms with Gasteiger partial charge in [-0.1, -0.05) is 18.2 Å². The van der Waals surface area contributed by atoms with Gasteiger partial charge in [0.1, 0.15) is 0 Å². The lowest BCUT2D eigenvalue weighted by molar-refractivity contribution is -0.129. The Bertz CT molecular complexity index is 555. The van der Waals surface area contributed by atoms with Crippen molar-refractivity contribution in [3.05, 3.63) is 30.3 Å². The van der Waals surface area contributed by atoms with Crippen LogP contribution in [-0.2, 0) is 4.79 Å². The maximum Gasteiger partial charge on any atom is 0.317 e. The lowest BCUT2D eigenvalue weighted by Crippen LogP contribution is -2.53. The van der Waals surface area contributed by atoms with Crippen LogP contribution in [0, 0.1) is 0 Å². The molecule has 6 nitrogen and oxygen atoms in total. The number of urea groups is 1. The predicted octanol–water partition coefficient (Wildman–Crippen LogP) is 1.09. The molecule has 130 valence electrons. The highest BCUT2D eigenvalue weighted by Gasteiger charge is 2.22. The third kappa shape index (κ3) is 4.35. The molecular formula is C17H24N4O2S. The van der Waals surface area contributed by atoms with Crippen LogP contribution in [0.2, 0.25) is 0 Å². The number of para-hydroxylation sites is 1. The van der Waals surface area contributed by atoms with Crippen molar-refractivity contribution in [3.8, 4) is 0 Å². The van der Waals surface area contributed by atoms with E-state index in [0.29, 0.717) is 13.1 Å². The third-order valence-corrected chi connectivity index (χ3v) is 5.39. The summed E-state index contributed by atoms with van der Waals surface area (Å²) in [5.41, 5.74) is 1.19. The van der Waals surface area contributed by atoms with E-state index < -0.39 is 0 Å². The Hall–Kier alpha value is -1.89. The molecule has 1 aromatic carbocycles. The van der Waals surface area contributed by atoms with Crippen LogP contribution in [0.15, 0.2) is 30.3 Å². The first-order valence-electron chi connectivity index (χ1n) is 8.42. The quantitative estimate of drug-likeness (QED) is 0.889. The van der Waals surface area contributed by atoms with Gasteiger partial charge < -0.3 is 20.0 Å². The molecule has 0 aliphatic carbocycles. The van der Waals surface area contributed by atoms with Gasteiger partial charge in [0, 0.05) is 56.5 Å². The summed E-state index contributed by atoms with van der Waals surface area (Å²) in [6, 6.07) is 10.1. The highest BCUT2D eigenvalue weighted by Crippen LogP contribution is 2.15. The van der Waals surface area contributed by atoms with E-state index in [1.54, 1.807) is 4.90 Å². The molecule has 3 amide bonds. The molecule has 0 bridgehead atoms. The predicted molar refractivity (Wildman–Crippen MR) is 97.5 cm³/mol. The van der Waals surface area contributed by atoms with Crippen molar-refractivity contribution in [2.45, 2.75) is 0 Å². The largest absolute Gasteiger partial charge is 0.368 e. The molecule has 3 rings (SSSR count). The van der Waals surface area contributed by atoms with Crippen LogP contribution in [-0.4, -0.2) is 79.1 Å². The van der Waals surface area contributed by atoms with Crippen molar-refractivity contribution < 1.29 is 9.59 Å². The van der Waals surface area contributed by atoms with E-state index in [4.69, 9.17) is 0 Å². The number of hydrogen-bond acceptors (Lipinski definition) is 4. The Morgan fingerprint density at radius 2 is 1.58 bits per heavy atom. The monoisotopic (exact) mass is 348 g/mol. The Balaban J connectivity index is 1.41. The van der Waals surface area contributed by atoms with E-state index in [2.05, 4.69) is 22.3 Å². The van der Waals surface area contributed by atoms with E-state index in [1.165, 1.54) is 5.69 Å². The average molecular weight is 348 g/mol. The number of rotatable bonds is 3. The van der Waals surface area contributed by atoms with Gasteiger partial charge in [-0.05, 0) is 12.1 Å². The Labute approximate surface area is 147 Å². The molecular weight excluding hydrogens is 324 g/mol. The highest BCUT2D eigenvalue weighted by molar-refractivity contribution is 7.99. The minimum Gasteiger partial charge on any atom is -0.368 e. The molecule has 0 unspecified atom stereocenters. The fourth-order valence-corrected chi connectivity index (χ4v) is 3.90. The minimum absolute atomic E-state index is 0.0200.